The van der Waals surface area contributed by atoms with Crippen LogP contribution >= 0.6 is 0 Å². The van der Waals surface area contributed by atoms with Gasteiger partial charge in [-0.3, -0.25) is 4.79 Å². The van der Waals surface area contributed by atoms with E-state index in [0.717, 1.165) is 43.9 Å². The lowest BCUT2D eigenvalue weighted by Crippen LogP contribution is -2.49. The summed E-state index contributed by atoms with van der Waals surface area (Å²) in [7, 11) is 0. The number of carbonyl (C=O) groups is 1. The maximum Gasteiger partial charge on any atom is 0.225 e. The van der Waals surface area contributed by atoms with E-state index in [4.69, 9.17) is 9.47 Å². The molecule has 2 aliphatic heterocycles. The van der Waals surface area contributed by atoms with Crippen molar-refractivity contribution in [1.29, 1.82) is 0 Å². The number of aromatic nitrogens is 2. The third-order valence-corrected chi connectivity index (χ3v) is 4.14. The van der Waals surface area contributed by atoms with Crippen molar-refractivity contribution in [3.05, 3.63) is 17.8 Å². The van der Waals surface area contributed by atoms with Crippen molar-refractivity contribution in [1.82, 2.24) is 15.5 Å². The SMILES string of the molecule is Cc1ccc(N2CCC[C@H](NC(=O)CC3OCCCO3)C2)nn1. The molecule has 2 saturated heterocycles. The number of carbonyl (C=O) groups excluding carboxylic acids is 1. The van der Waals surface area contributed by atoms with Gasteiger partial charge in [0.25, 0.3) is 0 Å². The van der Waals surface area contributed by atoms with Crippen LogP contribution in [0.1, 0.15) is 31.4 Å². The Morgan fingerprint density at radius 2 is 2.13 bits per heavy atom. The van der Waals surface area contributed by atoms with Crippen LogP contribution in [0.2, 0.25) is 0 Å². The molecule has 0 bridgehead atoms. The number of nitrogens with zero attached hydrogens (tertiary/aromatic N) is 3. The molecule has 2 aliphatic rings. The van der Waals surface area contributed by atoms with Crippen molar-refractivity contribution in [3.63, 3.8) is 0 Å². The third kappa shape index (κ3) is 4.62. The summed E-state index contributed by atoms with van der Waals surface area (Å²) in [6.45, 7) is 4.96. The highest BCUT2D eigenvalue weighted by Gasteiger charge is 2.24. The molecule has 126 valence electrons. The maximum absolute atomic E-state index is 12.1. The zero-order valence-electron chi connectivity index (χ0n) is 13.5. The largest absolute Gasteiger partial charge is 0.353 e. The first-order valence-corrected chi connectivity index (χ1v) is 8.28. The zero-order valence-corrected chi connectivity index (χ0v) is 13.5. The molecular weight excluding hydrogens is 296 g/mol. The van der Waals surface area contributed by atoms with Crippen molar-refractivity contribution in [3.8, 4) is 0 Å². The normalized spacial score (nSPS) is 22.8. The Morgan fingerprint density at radius 1 is 1.30 bits per heavy atom. The van der Waals surface area contributed by atoms with Gasteiger partial charge in [-0.05, 0) is 38.3 Å². The first-order chi connectivity index (χ1) is 11.2. The van der Waals surface area contributed by atoms with Gasteiger partial charge in [-0.1, -0.05) is 0 Å². The number of hydrogen-bond acceptors (Lipinski definition) is 6. The second-order valence-electron chi connectivity index (χ2n) is 6.11. The van der Waals surface area contributed by atoms with Crippen molar-refractivity contribution in [2.45, 2.75) is 44.9 Å². The van der Waals surface area contributed by atoms with Gasteiger partial charge in [-0.2, -0.15) is 5.10 Å². The summed E-state index contributed by atoms with van der Waals surface area (Å²) < 4.78 is 10.9. The average Bonchev–Trinajstić information content (AvgIpc) is 2.56. The minimum Gasteiger partial charge on any atom is -0.353 e. The van der Waals surface area contributed by atoms with Crippen molar-refractivity contribution < 1.29 is 14.3 Å². The number of amides is 1. The van der Waals surface area contributed by atoms with E-state index < -0.39 is 6.29 Å². The van der Waals surface area contributed by atoms with Gasteiger partial charge < -0.3 is 19.7 Å². The molecule has 3 heterocycles. The summed E-state index contributed by atoms with van der Waals surface area (Å²) in [5.74, 6) is 0.854. The van der Waals surface area contributed by atoms with Crippen LogP contribution in [-0.2, 0) is 14.3 Å². The summed E-state index contributed by atoms with van der Waals surface area (Å²) in [5.41, 5.74) is 0.906. The molecule has 0 radical (unpaired) electrons. The maximum atomic E-state index is 12.1. The van der Waals surface area contributed by atoms with E-state index in [1.165, 1.54) is 0 Å². The smallest absolute Gasteiger partial charge is 0.225 e. The summed E-state index contributed by atoms with van der Waals surface area (Å²) in [6.07, 6.45) is 2.77. The van der Waals surface area contributed by atoms with Crippen LogP contribution < -0.4 is 10.2 Å². The molecule has 1 atom stereocenters. The zero-order chi connectivity index (χ0) is 16.1. The number of ether oxygens (including phenoxy) is 2. The average molecular weight is 320 g/mol. The number of piperidine rings is 1. The Bertz CT molecular complexity index is 517. The Balaban J connectivity index is 1.49. The molecule has 0 unspecified atom stereocenters. The summed E-state index contributed by atoms with van der Waals surface area (Å²) in [6, 6.07) is 4.07. The molecule has 1 N–H and O–H groups in total. The number of aryl methyl sites for hydroxylation is 1. The second-order valence-corrected chi connectivity index (χ2v) is 6.11. The first-order valence-electron chi connectivity index (χ1n) is 8.28. The molecule has 23 heavy (non-hydrogen) atoms. The number of rotatable bonds is 4. The standard InChI is InChI=1S/C16H24N4O3/c1-12-5-6-14(19-18-12)20-7-2-4-13(11-20)17-15(21)10-16-22-8-3-9-23-16/h5-6,13,16H,2-4,7-11H2,1H3,(H,17,21)/t13-/m0/s1. The van der Waals surface area contributed by atoms with Crippen LogP contribution in [-0.4, -0.2) is 54.7 Å². The third-order valence-electron chi connectivity index (χ3n) is 4.14. The minimum absolute atomic E-state index is 0.0151. The highest BCUT2D eigenvalue weighted by Crippen LogP contribution is 2.17. The second kappa shape index (κ2) is 7.70. The Labute approximate surface area is 136 Å². The van der Waals surface area contributed by atoms with Crippen LogP contribution in [0.4, 0.5) is 5.82 Å². The molecule has 1 aromatic rings. The van der Waals surface area contributed by atoms with E-state index in [2.05, 4.69) is 20.4 Å². The molecule has 7 nitrogen and oxygen atoms in total. The lowest BCUT2D eigenvalue weighted by Gasteiger charge is -2.34. The van der Waals surface area contributed by atoms with Crippen LogP contribution in [0.3, 0.4) is 0 Å². The van der Waals surface area contributed by atoms with Crippen molar-refractivity contribution >= 4 is 11.7 Å². The highest BCUT2D eigenvalue weighted by atomic mass is 16.7. The van der Waals surface area contributed by atoms with E-state index in [0.29, 0.717) is 13.2 Å². The Kier molecular flexibility index (Phi) is 5.40. The molecule has 0 aromatic carbocycles. The summed E-state index contributed by atoms with van der Waals surface area (Å²) in [5, 5.41) is 11.4. The molecular formula is C16H24N4O3. The van der Waals surface area contributed by atoms with E-state index >= 15 is 0 Å². The summed E-state index contributed by atoms with van der Waals surface area (Å²) in [4.78, 5) is 14.3. The van der Waals surface area contributed by atoms with Crippen LogP contribution in [0.5, 0.6) is 0 Å². The van der Waals surface area contributed by atoms with Crippen molar-refractivity contribution in [2.75, 3.05) is 31.2 Å². The first kappa shape index (κ1) is 16.1. The molecule has 7 heteroatoms. The molecule has 0 spiro atoms. The predicted octanol–water partition coefficient (Wildman–Crippen LogP) is 1.02. The van der Waals surface area contributed by atoms with Crippen molar-refractivity contribution in [2.24, 2.45) is 0 Å². The van der Waals surface area contributed by atoms with Gasteiger partial charge in [-0.15, -0.1) is 5.10 Å². The quantitative estimate of drug-likeness (QED) is 0.893. The molecule has 1 aromatic heterocycles. The summed E-state index contributed by atoms with van der Waals surface area (Å²) >= 11 is 0. The lowest BCUT2D eigenvalue weighted by molar-refractivity contribution is -0.184. The highest BCUT2D eigenvalue weighted by molar-refractivity contribution is 5.76. The van der Waals surface area contributed by atoms with E-state index in [1.54, 1.807) is 0 Å². The van der Waals surface area contributed by atoms with E-state index in [1.807, 2.05) is 19.1 Å². The fourth-order valence-electron chi connectivity index (χ4n) is 2.96. The lowest BCUT2D eigenvalue weighted by atomic mass is 10.1. The van der Waals surface area contributed by atoms with Gasteiger partial charge in [-0.25, -0.2) is 0 Å². The van der Waals surface area contributed by atoms with Crippen LogP contribution in [0.25, 0.3) is 0 Å². The Morgan fingerprint density at radius 3 is 2.87 bits per heavy atom. The molecule has 0 aliphatic carbocycles. The number of hydrogen-bond donors (Lipinski definition) is 1. The van der Waals surface area contributed by atoms with E-state index in [9.17, 15) is 4.79 Å². The van der Waals surface area contributed by atoms with Crippen LogP contribution in [0.15, 0.2) is 12.1 Å². The monoisotopic (exact) mass is 320 g/mol. The molecule has 3 rings (SSSR count). The van der Waals surface area contributed by atoms with Gasteiger partial charge in [0.05, 0.1) is 25.3 Å². The van der Waals surface area contributed by atoms with E-state index in [-0.39, 0.29) is 18.4 Å². The topological polar surface area (TPSA) is 76.6 Å². The molecule has 1 amide bonds. The fourth-order valence-corrected chi connectivity index (χ4v) is 2.96. The number of anilines is 1. The van der Waals surface area contributed by atoms with Gasteiger partial charge >= 0.3 is 0 Å². The van der Waals surface area contributed by atoms with Crippen LogP contribution in [0, 0.1) is 6.92 Å². The Hall–Kier alpha value is -1.73. The minimum atomic E-state index is -0.397. The number of nitrogens with one attached hydrogen (secondary N) is 1. The van der Waals surface area contributed by atoms with Gasteiger partial charge in [0.15, 0.2) is 12.1 Å². The fraction of sp³-hybridized carbons (Fsp3) is 0.688. The molecule has 2 fully saturated rings. The molecule has 0 saturated carbocycles. The van der Waals surface area contributed by atoms with Gasteiger partial charge in [0.2, 0.25) is 5.91 Å². The van der Waals surface area contributed by atoms with Gasteiger partial charge in [0, 0.05) is 19.1 Å². The van der Waals surface area contributed by atoms with Gasteiger partial charge in [0.1, 0.15) is 0 Å². The predicted molar refractivity (Wildman–Crippen MR) is 85.1 cm³/mol.